The topological polar surface area (TPSA) is 64.1 Å². The third kappa shape index (κ3) is 4.87. The molecule has 0 saturated carbocycles. The van der Waals surface area contributed by atoms with Crippen molar-refractivity contribution in [3.63, 3.8) is 0 Å². The minimum Gasteiger partial charge on any atom is -0.497 e. The van der Waals surface area contributed by atoms with Crippen molar-refractivity contribution in [1.82, 2.24) is 9.88 Å². The lowest BCUT2D eigenvalue weighted by molar-refractivity contribution is 0.0983. The molecule has 0 unspecified atom stereocenters. The summed E-state index contributed by atoms with van der Waals surface area (Å²) < 4.78 is 17.1. The fourth-order valence-corrected chi connectivity index (χ4v) is 4.38. The molecule has 1 aromatic heterocycles. The zero-order valence-electron chi connectivity index (χ0n) is 17.8. The van der Waals surface area contributed by atoms with E-state index in [1.165, 1.54) is 11.3 Å². The van der Waals surface area contributed by atoms with Gasteiger partial charge >= 0.3 is 0 Å². The van der Waals surface area contributed by atoms with Gasteiger partial charge in [0, 0.05) is 30.8 Å². The Bertz CT molecular complexity index is 996. The monoisotopic (exact) mass is 463 g/mol. The maximum atomic E-state index is 13.4. The summed E-state index contributed by atoms with van der Waals surface area (Å²) >= 11 is 1.48. The molecule has 166 valence electrons. The first-order valence-corrected chi connectivity index (χ1v) is 10.8. The van der Waals surface area contributed by atoms with E-state index in [1.807, 2.05) is 12.1 Å². The summed E-state index contributed by atoms with van der Waals surface area (Å²) in [5.41, 5.74) is 1.40. The number of ether oxygens (including phenoxy) is 3. The van der Waals surface area contributed by atoms with Gasteiger partial charge in [0.1, 0.15) is 5.75 Å². The van der Waals surface area contributed by atoms with Crippen LogP contribution in [-0.4, -0.2) is 55.9 Å². The van der Waals surface area contributed by atoms with Crippen LogP contribution in [0.25, 0.3) is 10.2 Å². The normalized spacial score (nSPS) is 12.1. The lowest BCUT2D eigenvalue weighted by atomic mass is 10.2. The van der Waals surface area contributed by atoms with Crippen LogP contribution in [0.2, 0.25) is 0 Å². The van der Waals surface area contributed by atoms with Gasteiger partial charge in [-0.05, 0) is 37.4 Å². The highest BCUT2D eigenvalue weighted by molar-refractivity contribution is 7.22. The predicted octanol–water partition coefficient (Wildman–Crippen LogP) is 4.44. The maximum absolute atomic E-state index is 13.4. The number of carbonyl (C=O) groups excluding carboxylic acids is 1. The zero-order chi connectivity index (χ0) is 21.1. The van der Waals surface area contributed by atoms with Crippen molar-refractivity contribution in [2.24, 2.45) is 0 Å². The van der Waals surface area contributed by atoms with Crippen molar-refractivity contribution < 1.29 is 19.0 Å². The Kier molecular flexibility index (Phi) is 7.59. The van der Waals surface area contributed by atoms with E-state index in [2.05, 4.69) is 18.7 Å². The minimum atomic E-state index is -0.0797. The Labute approximate surface area is 191 Å². The Morgan fingerprint density at radius 3 is 2.42 bits per heavy atom. The van der Waals surface area contributed by atoms with Gasteiger partial charge in [-0.25, -0.2) is 4.98 Å². The van der Waals surface area contributed by atoms with Crippen molar-refractivity contribution in [3.05, 3.63) is 42.0 Å². The van der Waals surface area contributed by atoms with Crippen molar-refractivity contribution in [2.45, 2.75) is 13.8 Å². The first kappa shape index (κ1) is 23.1. The van der Waals surface area contributed by atoms with Gasteiger partial charge in [-0.3, -0.25) is 9.69 Å². The lowest BCUT2D eigenvalue weighted by Gasteiger charge is -2.24. The number of halogens is 1. The van der Waals surface area contributed by atoms with Crippen LogP contribution in [0.3, 0.4) is 0 Å². The Morgan fingerprint density at radius 2 is 1.77 bits per heavy atom. The van der Waals surface area contributed by atoms with Crippen LogP contribution in [0.15, 0.2) is 36.4 Å². The molecule has 31 heavy (non-hydrogen) atoms. The molecule has 0 atom stereocenters. The highest BCUT2D eigenvalue weighted by Crippen LogP contribution is 2.40. The minimum absolute atomic E-state index is 0. The zero-order valence-corrected chi connectivity index (χ0v) is 19.4. The van der Waals surface area contributed by atoms with Crippen LogP contribution < -0.4 is 19.1 Å². The van der Waals surface area contributed by atoms with E-state index in [4.69, 9.17) is 19.2 Å². The van der Waals surface area contributed by atoms with Crippen molar-refractivity contribution in [1.29, 1.82) is 0 Å². The maximum Gasteiger partial charge on any atom is 0.260 e. The van der Waals surface area contributed by atoms with Crippen molar-refractivity contribution >= 4 is 45.0 Å². The van der Waals surface area contributed by atoms with Crippen molar-refractivity contribution in [2.75, 3.05) is 45.0 Å². The fourth-order valence-electron chi connectivity index (χ4n) is 3.38. The van der Waals surface area contributed by atoms with Gasteiger partial charge in [0.05, 0.1) is 17.3 Å². The number of thiazole rings is 1. The van der Waals surface area contributed by atoms with Crippen LogP contribution in [0.4, 0.5) is 5.13 Å². The molecule has 0 radical (unpaired) electrons. The number of nitrogens with zero attached hydrogens (tertiary/aromatic N) is 3. The Hall–Kier alpha value is -2.55. The summed E-state index contributed by atoms with van der Waals surface area (Å²) in [6, 6.07) is 11.0. The summed E-state index contributed by atoms with van der Waals surface area (Å²) in [5.74, 6) is 2.05. The Morgan fingerprint density at radius 1 is 1.10 bits per heavy atom. The smallest absolute Gasteiger partial charge is 0.260 e. The number of carbonyl (C=O) groups is 1. The van der Waals surface area contributed by atoms with E-state index < -0.39 is 0 Å². The van der Waals surface area contributed by atoms with E-state index in [-0.39, 0.29) is 25.1 Å². The van der Waals surface area contributed by atoms with Gasteiger partial charge in [-0.2, -0.15) is 0 Å². The molecule has 9 heteroatoms. The van der Waals surface area contributed by atoms with Gasteiger partial charge in [0.2, 0.25) is 6.79 Å². The molecule has 3 aromatic rings. The fraction of sp³-hybridized carbons (Fsp3) is 0.364. The number of likely N-dealkylation sites (N-methyl/N-ethyl adjacent to an activating group) is 1. The molecule has 7 nitrogen and oxygen atoms in total. The number of aromatic nitrogens is 1. The van der Waals surface area contributed by atoms with Crippen LogP contribution >= 0.6 is 23.7 Å². The second-order valence-corrected chi connectivity index (χ2v) is 7.89. The molecule has 0 spiro atoms. The molecular weight excluding hydrogens is 438 g/mol. The average Bonchev–Trinajstić information content (AvgIpc) is 3.40. The lowest BCUT2D eigenvalue weighted by Crippen LogP contribution is -2.38. The quantitative estimate of drug-likeness (QED) is 0.492. The van der Waals surface area contributed by atoms with Gasteiger partial charge < -0.3 is 19.1 Å². The van der Waals surface area contributed by atoms with Gasteiger partial charge in [-0.1, -0.05) is 25.2 Å². The van der Waals surface area contributed by atoms with Crippen LogP contribution in [0.5, 0.6) is 17.2 Å². The first-order valence-electron chi connectivity index (χ1n) is 10.0. The summed E-state index contributed by atoms with van der Waals surface area (Å²) in [5, 5.41) is 0.668. The number of hydrogen-bond acceptors (Lipinski definition) is 7. The molecule has 0 N–H and O–H groups in total. The number of amides is 1. The molecule has 0 bridgehead atoms. The molecule has 1 amide bonds. The van der Waals surface area contributed by atoms with Crippen LogP contribution in [0, 0.1) is 0 Å². The molecule has 0 aliphatic carbocycles. The van der Waals surface area contributed by atoms with Crippen molar-refractivity contribution in [3.8, 4) is 17.2 Å². The van der Waals surface area contributed by atoms with E-state index >= 15 is 0 Å². The average molecular weight is 464 g/mol. The number of hydrogen-bond donors (Lipinski definition) is 0. The molecule has 0 saturated heterocycles. The summed E-state index contributed by atoms with van der Waals surface area (Å²) in [7, 11) is 1.61. The molecule has 1 aliphatic heterocycles. The summed E-state index contributed by atoms with van der Waals surface area (Å²) in [4.78, 5) is 22.2. The summed E-state index contributed by atoms with van der Waals surface area (Å²) in [6.07, 6.45) is 0. The number of anilines is 1. The van der Waals surface area contributed by atoms with Crippen LogP contribution in [-0.2, 0) is 0 Å². The second kappa shape index (κ2) is 10.2. The van der Waals surface area contributed by atoms with Gasteiger partial charge in [-0.15, -0.1) is 12.4 Å². The van der Waals surface area contributed by atoms with Gasteiger partial charge in [0.15, 0.2) is 16.6 Å². The SMILES string of the molecule is CCN(CC)CCN(C(=O)c1ccc(OC)cc1)c1nc2cc3c(cc2s1)OCO3.Cl. The third-order valence-corrected chi connectivity index (χ3v) is 6.26. The first-order chi connectivity index (χ1) is 14.6. The summed E-state index contributed by atoms with van der Waals surface area (Å²) in [6.45, 7) is 7.67. The number of methoxy groups -OCH3 is 1. The molecular formula is C22H26ClN3O4S. The highest BCUT2D eigenvalue weighted by atomic mass is 35.5. The largest absolute Gasteiger partial charge is 0.497 e. The Balaban J connectivity index is 0.00000272. The van der Waals surface area contributed by atoms with E-state index in [0.29, 0.717) is 28.7 Å². The molecule has 1 aliphatic rings. The molecule has 0 fully saturated rings. The van der Waals surface area contributed by atoms with E-state index in [9.17, 15) is 4.79 Å². The van der Waals surface area contributed by atoms with E-state index in [0.717, 1.165) is 35.6 Å². The molecule has 4 rings (SSSR count). The predicted molar refractivity (Wildman–Crippen MR) is 125 cm³/mol. The molecule has 2 aromatic carbocycles. The number of rotatable bonds is 8. The highest BCUT2D eigenvalue weighted by Gasteiger charge is 2.23. The van der Waals surface area contributed by atoms with Gasteiger partial charge in [0.25, 0.3) is 5.91 Å². The van der Waals surface area contributed by atoms with Crippen LogP contribution in [0.1, 0.15) is 24.2 Å². The standard InChI is InChI=1S/C22H25N3O4S.ClH/c1-4-24(5-2)10-11-25(21(26)15-6-8-16(27-3)9-7-15)22-23-17-12-18-19(29-14-28-18)13-20(17)30-22;/h6-9,12-13H,4-5,10-11,14H2,1-3H3;1H. The number of fused-ring (bicyclic) bond motifs is 2. The third-order valence-electron chi connectivity index (χ3n) is 5.22. The number of benzene rings is 2. The second-order valence-electron chi connectivity index (χ2n) is 6.88. The van der Waals surface area contributed by atoms with E-state index in [1.54, 1.807) is 36.3 Å². The molecule has 2 heterocycles.